The predicted molar refractivity (Wildman–Crippen MR) is 420 cm³/mol. The van der Waals surface area contributed by atoms with Crippen LogP contribution in [0.2, 0.25) is 0 Å². The van der Waals surface area contributed by atoms with Crippen molar-refractivity contribution < 1.29 is 113 Å². The number of unbranched alkanes of at least 4 members (excludes halogenated alkanes) is 1. The van der Waals surface area contributed by atoms with Gasteiger partial charge in [-0.1, -0.05) is 77.9 Å². The van der Waals surface area contributed by atoms with E-state index in [0.29, 0.717) is 35.3 Å². The SMILES string of the molecule is CSCCC(NC(=O)C(CO)NC(=O)C(Cc1ccc(O)cc1)NC(=O)C(CO)NC(=O)C(CC(C)C)NC(=O)C(CC(=O)O)NC(=O)C(CCSC)NC(=O)C(CC(C)C)NC(=O)C(Cc1ccc(O)cc1)NC(=O)C(Cc1ccc(O)cc1)NC(=O)C(CC(C)C)NC(=O)C(N)CC(=O)O)C(=O)NC(CCCCN)C(=O)O. The molecule has 114 heavy (non-hydrogen) atoms. The molecule has 0 aliphatic heterocycles. The summed E-state index contributed by atoms with van der Waals surface area (Å²) in [6.45, 7) is 8.19. The number of carboxylic acids is 3. The van der Waals surface area contributed by atoms with Crippen LogP contribution < -0.4 is 75.3 Å². The Morgan fingerprint density at radius 2 is 0.588 bits per heavy atom. The fraction of sp³-hybridized carbons (Fsp3) is 0.560. The third-order valence-corrected chi connectivity index (χ3v) is 18.8. The molecule has 0 aliphatic carbocycles. The van der Waals surface area contributed by atoms with Crippen LogP contribution in [-0.4, -0.2) is 252 Å². The fourth-order valence-electron chi connectivity index (χ4n) is 11.4. The zero-order chi connectivity index (χ0) is 85.5. The minimum atomic E-state index is -1.99. The van der Waals surface area contributed by atoms with Gasteiger partial charge in [0.1, 0.15) is 89.8 Å². The number of hydrogen-bond acceptors (Lipinski definition) is 24. The lowest BCUT2D eigenvalue weighted by Crippen LogP contribution is -2.62. The van der Waals surface area contributed by atoms with Gasteiger partial charge < -0.3 is 116 Å². The molecule has 0 spiro atoms. The van der Waals surface area contributed by atoms with Crippen LogP contribution in [0.25, 0.3) is 0 Å². The van der Waals surface area contributed by atoms with Gasteiger partial charge >= 0.3 is 17.9 Å². The smallest absolute Gasteiger partial charge is 0.326 e. The topological polar surface area (TPSA) is 614 Å². The molecule has 0 aliphatic rings. The molecule has 39 heteroatoms. The van der Waals surface area contributed by atoms with Gasteiger partial charge in [0.15, 0.2) is 0 Å². The lowest BCUT2D eigenvalue weighted by molar-refractivity contribution is -0.142. The van der Waals surface area contributed by atoms with Gasteiger partial charge in [-0.15, -0.1) is 0 Å². The van der Waals surface area contributed by atoms with E-state index in [-0.39, 0.29) is 92.7 Å². The molecule has 13 unspecified atom stereocenters. The van der Waals surface area contributed by atoms with E-state index in [0.717, 1.165) is 0 Å². The van der Waals surface area contributed by atoms with Crippen molar-refractivity contribution in [2.45, 2.75) is 204 Å². The number of hydrogen-bond donors (Lipinski definition) is 22. The Bertz CT molecular complexity index is 3690. The average molecular weight is 1640 g/mol. The third kappa shape index (κ3) is 36.2. The number of aliphatic carboxylic acids is 3. The van der Waals surface area contributed by atoms with Gasteiger partial charge in [0.25, 0.3) is 0 Å². The molecule has 0 saturated heterocycles. The van der Waals surface area contributed by atoms with E-state index < -0.39 is 206 Å². The monoisotopic (exact) mass is 1640 g/mol. The molecule has 24 N–H and O–H groups in total. The largest absolute Gasteiger partial charge is 0.508 e. The average Bonchev–Trinajstić information content (AvgIpc) is 0.843. The van der Waals surface area contributed by atoms with Gasteiger partial charge in [0.2, 0.25) is 70.9 Å². The van der Waals surface area contributed by atoms with Crippen molar-refractivity contribution in [2.24, 2.45) is 29.2 Å². The highest BCUT2D eigenvalue weighted by Gasteiger charge is 2.39. The van der Waals surface area contributed by atoms with E-state index in [9.17, 15) is 113 Å². The van der Waals surface area contributed by atoms with Crippen LogP contribution in [0.1, 0.15) is 122 Å². The maximum absolute atomic E-state index is 14.8. The number of nitrogens with one attached hydrogen (secondary N) is 12. The number of benzene rings is 3. The molecule has 13 atom stereocenters. The van der Waals surface area contributed by atoms with Crippen molar-refractivity contribution in [1.82, 2.24) is 63.8 Å². The highest BCUT2D eigenvalue weighted by atomic mass is 32.2. The number of nitrogens with two attached hydrogens (primary N) is 2. The zero-order valence-corrected chi connectivity index (χ0v) is 66.7. The van der Waals surface area contributed by atoms with Crippen molar-refractivity contribution in [3.63, 3.8) is 0 Å². The summed E-state index contributed by atoms with van der Waals surface area (Å²) in [6.07, 6.45) is 0.849. The Morgan fingerprint density at radius 3 is 0.877 bits per heavy atom. The standard InChI is InChI=1S/C75H112N14O23S2/c1-39(2)29-52(81-63(99)48(77)35-61(95)96)67(103)84-56(33-43-14-20-46(93)21-15-43)70(106)85-55(32-42-12-18-45(92)19-13-42)69(105)82-53(30-40(3)4)66(102)78-50(25-28-114-8)65(101)87-58(36-62(97)98)72(108)83-54(31-41(5)6)68(104)88-60(38-91)74(110)86-57(34-44-16-22-47(94)23-17-44)71(107)89-59(37-90)73(109)79-49(24-27-113-7)64(100)80-51(75(111)112)11-9-10-26-76/h12-23,39-41,48-60,90-94H,9-11,24-38,76-77H2,1-8H3,(H,78,102)(H,79,109)(H,80,100)(H,81,99)(H,82,105)(H,83,108)(H,84,103)(H,85,106)(H,86,110)(H,87,101)(H,88,104)(H,89,107)(H,95,96)(H,97,98)(H,111,112). The third-order valence-electron chi connectivity index (χ3n) is 17.5. The van der Waals surface area contributed by atoms with Crippen LogP contribution in [0.5, 0.6) is 17.2 Å². The van der Waals surface area contributed by atoms with Gasteiger partial charge in [0, 0.05) is 19.3 Å². The molecule has 3 aromatic rings. The Labute approximate surface area is 669 Å². The number of rotatable bonds is 53. The molecule has 0 radical (unpaired) electrons. The number of carbonyl (C=O) groups excluding carboxylic acids is 12. The van der Waals surface area contributed by atoms with Crippen LogP contribution in [0.4, 0.5) is 0 Å². The quantitative estimate of drug-likeness (QED) is 0.0266. The predicted octanol–water partition coefficient (Wildman–Crippen LogP) is -2.23. The van der Waals surface area contributed by atoms with Crippen molar-refractivity contribution in [1.29, 1.82) is 0 Å². The summed E-state index contributed by atoms with van der Waals surface area (Å²) in [5.74, 6) is -18.0. The second-order valence-corrected chi connectivity index (χ2v) is 30.6. The Kier molecular flexibility index (Phi) is 43.5. The van der Waals surface area contributed by atoms with Crippen molar-refractivity contribution >= 4 is 112 Å². The van der Waals surface area contributed by atoms with E-state index in [1.807, 2.05) is 0 Å². The molecule has 37 nitrogen and oxygen atoms in total. The summed E-state index contributed by atoms with van der Waals surface area (Å²) >= 11 is 2.53. The summed E-state index contributed by atoms with van der Waals surface area (Å²) in [4.78, 5) is 206. The molecule has 0 saturated carbocycles. The number of amides is 12. The maximum Gasteiger partial charge on any atom is 0.326 e. The first-order valence-electron chi connectivity index (χ1n) is 37.1. The molecule has 3 rings (SSSR count). The molecule has 3 aromatic carbocycles. The lowest BCUT2D eigenvalue weighted by Gasteiger charge is -2.29. The lowest BCUT2D eigenvalue weighted by atomic mass is 9.99. The highest BCUT2D eigenvalue weighted by Crippen LogP contribution is 2.19. The van der Waals surface area contributed by atoms with Crippen LogP contribution in [0, 0.1) is 17.8 Å². The first-order chi connectivity index (χ1) is 53.8. The van der Waals surface area contributed by atoms with E-state index in [4.69, 9.17) is 11.5 Å². The Morgan fingerprint density at radius 1 is 0.333 bits per heavy atom. The van der Waals surface area contributed by atoms with Crippen LogP contribution in [-0.2, 0) is 91.2 Å². The maximum atomic E-state index is 14.8. The number of aliphatic hydroxyl groups is 2. The molecule has 12 amide bonds. The summed E-state index contributed by atoms with van der Waals surface area (Å²) in [5.41, 5.74) is 12.4. The Hall–Kier alpha value is -10.3. The van der Waals surface area contributed by atoms with E-state index >= 15 is 0 Å². The van der Waals surface area contributed by atoms with Gasteiger partial charge in [-0.25, -0.2) is 4.79 Å². The number of thioether (sulfide) groups is 2. The van der Waals surface area contributed by atoms with Gasteiger partial charge in [-0.2, -0.15) is 23.5 Å². The van der Waals surface area contributed by atoms with Crippen LogP contribution >= 0.6 is 23.5 Å². The Balaban J connectivity index is 1.96. The van der Waals surface area contributed by atoms with Crippen LogP contribution in [0.15, 0.2) is 72.8 Å². The number of phenolic OH excluding ortho intramolecular Hbond substituents is 3. The van der Waals surface area contributed by atoms with Gasteiger partial charge in [-0.3, -0.25) is 67.1 Å². The minimum Gasteiger partial charge on any atom is -0.508 e. The van der Waals surface area contributed by atoms with Crippen LogP contribution in [0.3, 0.4) is 0 Å². The van der Waals surface area contributed by atoms with Gasteiger partial charge in [0.05, 0.1) is 32.1 Å². The second-order valence-electron chi connectivity index (χ2n) is 28.6. The molecule has 632 valence electrons. The van der Waals surface area contributed by atoms with Gasteiger partial charge in [-0.05, 0) is 153 Å². The fourth-order valence-corrected chi connectivity index (χ4v) is 12.4. The van der Waals surface area contributed by atoms with Crippen molar-refractivity contribution in [3.05, 3.63) is 89.5 Å². The molecule has 0 fully saturated rings. The van der Waals surface area contributed by atoms with E-state index in [1.165, 1.54) is 96.3 Å². The number of aliphatic hydroxyl groups excluding tert-OH is 2. The summed E-state index contributed by atoms with van der Waals surface area (Å²) in [5, 5.41) is 110. The van der Waals surface area contributed by atoms with Crippen molar-refractivity contribution in [2.75, 3.05) is 43.8 Å². The molecule has 0 bridgehead atoms. The summed E-state index contributed by atoms with van der Waals surface area (Å²) in [6, 6.07) is -4.52. The second kappa shape index (κ2) is 50.7. The number of aromatic hydroxyl groups is 3. The first kappa shape index (κ1) is 97.8. The number of phenols is 3. The highest BCUT2D eigenvalue weighted by molar-refractivity contribution is 7.98. The normalized spacial score (nSPS) is 14.7. The summed E-state index contributed by atoms with van der Waals surface area (Å²) in [7, 11) is 0. The first-order valence-corrected chi connectivity index (χ1v) is 39.9. The molecule has 0 heterocycles. The number of carboxylic acid groups (broad SMARTS) is 3. The van der Waals surface area contributed by atoms with Crippen molar-refractivity contribution in [3.8, 4) is 17.2 Å². The minimum absolute atomic E-state index is 0.0108. The summed E-state index contributed by atoms with van der Waals surface area (Å²) < 4.78 is 0. The number of carbonyl (C=O) groups is 15. The molecular weight excluding hydrogens is 1530 g/mol. The van der Waals surface area contributed by atoms with E-state index in [2.05, 4.69) is 63.8 Å². The zero-order valence-electron chi connectivity index (χ0n) is 65.1. The van der Waals surface area contributed by atoms with E-state index in [1.54, 1.807) is 54.1 Å². The molecule has 0 aromatic heterocycles. The molecular formula is C75H112N14O23S2.